The molecule has 2 N–H and O–H groups in total. The van der Waals surface area contributed by atoms with Crippen LogP contribution in [0.3, 0.4) is 0 Å². The third-order valence-electron chi connectivity index (χ3n) is 2.64. The summed E-state index contributed by atoms with van der Waals surface area (Å²) in [6.45, 7) is 5.07. The summed E-state index contributed by atoms with van der Waals surface area (Å²) in [5, 5.41) is 5.06. The molecule has 0 unspecified atom stereocenters. The highest BCUT2D eigenvalue weighted by Gasteiger charge is 2.21. The monoisotopic (exact) mass is 312 g/mol. The second kappa shape index (κ2) is 6.26. The molecule has 1 aromatic rings. The fraction of sp³-hybridized carbons (Fsp3) is 0.429. The first kappa shape index (κ1) is 17.2. The number of amides is 2. The molecule has 0 saturated carbocycles. The number of carbonyl (C=O) groups is 2. The van der Waals surface area contributed by atoms with Gasteiger partial charge in [0.25, 0.3) is 0 Å². The summed E-state index contributed by atoms with van der Waals surface area (Å²) in [6.07, 6.45) is 1.09. The van der Waals surface area contributed by atoms with E-state index in [2.05, 4.69) is 10.6 Å². The smallest absolute Gasteiger partial charge is 0.243 e. The van der Waals surface area contributed by atoms with E-state index in [1.54, 1.807) is 32.9 Å². The van der Waals surface area contributed by atoms with E-state index in [0.717, 1.165) is 6.26 Å². The fourth-order valence-corrected chi connectivity index (χ4v) is 2.10. The maximum absolute atomic E-state index is 11.7. The second-order valence-electron chi connectivity index (χ2n) is 5.78. The number of hydrogen-bond acceptors (Lipinski definition) is 4. The van der Waals surface area contributed by atoms with Crippen molar-refractivity contribution in [1.29, 1.82) is 0 Å². The molecule has 116 valence electrons. The lowest BCUT2D eigenvalue weighted by atomic mass is 9.96. The van der Waals surface area contributed by atoms with E-state index >= 15 is 0 Å². The molecular weight excluding hydrogens is 292 g/mol. The van der Waals surface area contributed by atoms with Gasteiger partial charge in [-0.05, 0) is 18.2 Å². The van der Waals surface area contributed by atoms with E-state index in [0.29, 0.717) is 5.69 Å². The number of anilines is 1. The van der Waals surface area contributed by atoms with Gasteiger partial charge in [0, 0.05) is 17.4 Å². The van der Waals surface area contributed by atoms with E-state index in [1.165, 1.54) is 12.1 Å². The van der Waals surface area contributed by atoms with Crippen molar-refractivity contribution < 1.29 is 18.0 Å². The molecule has 0 aromatic heterocycles. The fourth-order valence-electron chi connectivity index (χ4n) is 1.44. The molecule has 0 heterocycles. The molecule has 7 heteroatoms. The second-order valence-corrected chi connectivity index (χ2v) is 7.80. The SMILES string of the molecule is CC(C)(C)C(=O)NCC(=O)Nc1cccc(S(C)(=O)=O)c1. The minimum atomic E-state index is -3.33. The number of carbonyl (C=O) groups excluding carboxylic acids is 2. The van der Waals surface area contributed by atoms with Crippen LogP contribution in [-0.4, -0.2) is 33.0 Å². The summed E-state index contributed by atoms with van der Waals surface area (Å²) >= 11 is 0. The van der Waals surface area contributed by atoms with Crippen molar-refractivity contribution in [1.82, 2.24) is 5.32 Å². The van der Waals surface area contributed by atoms with Crippen LogP contribution < -0.4 is 10.6 Å². The topological polar surface area (TPSA) is 92.3 Å². The van der Waals surface area contributed by atoms with Gasteiger partial charge in [0.2, 0.25) is 11.8 Å². The third kappa shape index (κ3) is 5.55. The molecule has 0 aliphatic heterocycles. The van der Waals surface area contributed by atoms with E-state index < -0.39 is 21.2 Å². The standard InChI is InChI=1S/C14H20N2O4S/c1-14(2,3)13(18)15-9-12(17)16-10-6-5-7-11(8-10)21(4,19)20/h5-8H,9H2,1-4H3,(H,15,18)(H,16,17). The van der Waals surface area contributed by atoms with Crippen molar-refractivity contribution in [3.05, 3.63) is 24.3 Å². The quantitative estimate of drug-likeness (QED) is 0.873. The molecule has 0 atom stereocenters. The minimum Gasteiger partial charge on any atom is -0.347 e. The first-order valence-corrected chi connectivity index (χ1v) is 8.27. The van der Waals surface area contributed by atoms with Crippen LogP contribution in [-0.2, 0) is 19.4 Å². The van der Waals surface area contributed by atoms with E-state index in [9.17, 15) is 18.0 Å². The summed E-state index contributed by atoms with van der Waals surface area (Å²) in [5.74, 6) is -0.652. The molecule has 0 radical (unpaired) electrons. The van der Waals surface area contributed by atoms with Crippen LogP contribution in [0.2, 0.25) is 0 Å². The number of rotatable bonds is 4. The molecule has 0 bridgehead atoms. The molecule has 2 amide bonds. The van der Waals surface area contributed by atoms with Gasteiger partial charge in [0.1, 0.15) is 0 Å². The predicted octanol–water partition coefficient (Wildman–Crippen LogP) is 1.19. The van der Waals surface area contributed by atoms with Crippen LogP contribution in [0.1, 0.15) is 20.8 Å². The lowest BCUT2D eigenvalue weighted by Crippen LogP contribution is -2.39. The molecule has 0 aliphatic carbocycles. The average Bonchev–Trinajstić information content (AvgIpc) is 2.34. The van der Waals surface area contributed by atoms with Gasteiger partial charge in [-0.25, -0.2) is 8.42 Å². The minimum absolute atomic E-state index is 0.124. The summed E-state index contributed by atoms with van der Waals surface area (Å²) in [4.78, 5) is 23.5. The van der Waals surface area contributed by atoms with Crippen molar-refractivity contribution in [3.8, 4) is 0 Å². The Morgan fingerprint density at radius 3 is 2.33 bits per heavy atom. The van der Waals surface area contributed by atoms with Crippen molar-refractivity contribution in [2.45, 2.75) is 25.7 Å². The molecular formula is C14H20N2O4S. The Bertz CT molecular complexity index is 645. The molecule has 0 spiro atoms. The van der Waals surface area contributed by atoms with Crippen LogP contribution in [0.4, 0.5) is 5.69 Å². The number of hydrogen-bond donors (Lipinski definition) is 2. The van der Waals surface area contributed by atoms with Crippen LogP contribution in [0.5, 0.6) is 0 Å². The number of nitrogens with one attached hydrogen (secondary N) is 2. The summed E-state index contributed by atoms with van der Waals surface area (Å²) in [7, 11) is -3.33. The predicted molar refractivity (Wildman–Crippen MR) is 80.6 cm³/mol. The molecule has 0 saturated heterocycles. The van der Waals surface area contributed by atoms with Crippen molar-refractivity contribution in [2.24, 2.45) is 5.41 Å². The van der Waals surface area contributed by atoms with Gasteiger partial charge in [-0.15, -0.1) is 0 Å². The molecule has 1 aromatic carbocycles. The van der Waals surface area contributed by atoms with Gasteiger partial charge in [0.05, 0.1) is 11.4 Å². The van der Waals surface area contributed by atoms with Gasteiger partial charge in [-0.3, -0.25) is 9.59 Å². The zero-order chi connectivity index (χ0) is 16.3. The maximum Gasteiger partial charge on any atom is 0.243 e. The summed E-state index contributed by atoms with van der Waals surface area (Å²) in [6, 6.07) is 5.95. The highest BCUT2D eigenvalue weighted by molar-refractivity contribution is 7.90. The van der Waals surface area contributed by atoms with E-state index in [4.69, 9.17) is 0 Å². The zero-order valence-electron chi connectivity index (χ0n) is 12.6. The van der Waals surface area contributed by atoms with Gasteiger partial charge in [0.15, 0.2) is 9.84 Å². The van der Waals surface area contributed by atoms with Crippen LogP contribution in [0.25, 0.3) is 0 Å². The number of sulfone groups is 1. The Kier molecular flexibility index (Phi) is 5.11. The largest absolute Gasteiger partial charge is 0.347 e. The first-order chi connectivity index (χ1) is 9.50. The lowest BCUT2D eigenvalue weighted by molar-refractivity contribution is -0.130. The lowest BCUT2D eigenvalue weighted by Gasteiger charge is -2.17. The van der Waals surface area contributed by atoms with Gasteiger partial charge < -0.3 is 10.6 Å². The van der Waals surface area contributed by atoms with Gasteiger partial charge in [-0.1, -0.05) is 26.8 Å². The summed E-state index contributed by atoms with van der Waals surface area (Å²) < 4.78 is 22.9. The van der Waals surface area contributed by atoms with Gasteiger partial charge >= 0.3 is 0 Å². The Labute approximate surface area is 124 Å². The van der Waals surface area contributed by atoms with Crippen LogP contribution in [0.15, 0.2) is 29.2 Å². The third-order valence-corrected chi connectivity index (χ3v) is 3.75. The van der Waals surface area contributed by atoms with Gasteiger partial charge in [-0.2, -0.15) is 0 Å². The Balaban J connectivity index is 2.66. The van der Waals surface area contributed by atoms with Crippen molar-refractivity contribution >= 4 is 27.3 Å². The van der Waals surface area contributed by atoms with E-state index in [-0.39, 0.29) is 17.3 Å². The molecule has 21 heavy (non-hydrogen) atoms. The maximum atomic E-state index is 11.7. The zero-order valence-corrected chi connectivity index (χ0v) is 13.4. The Morgan fingerprint density at radius 1 is 1.19 bits per heavy atom. The summed E-state index contributed by atoms with van der Waals surface area (Å²) in [5.41, 5.74) is -0.204. The van der Waals surface area contributed by atoms with Crippen LogP contribution in [0, 0.1) is 5.41 Å². The number of benzene rings is 1. The Morgan fingerprint density at radius 2 is 1.81 bits per heavy atom. The molecule has 6 nitrogen and oxygen atoms in total. The highest BCUT2D eigenvalue weighted by Crippen LogP contribution is 2.15. The Hall–Kier alpha value is -1.89. The molecule has 0 fully saturated rings. The van der Waals surface area contributed by atoms with Crippen LogP contribution >= 0.6 is 0 Å². The van der Waals surface area contributed by atoms with E-state index in [1.807, 2.05) is 0 Å². The average molecular weight is 312 g/mol. The van der Waals surface area contributed by atoms with Crippen molar-refractivity contribution in [3.63, 3.8) is 0 Å². The normalized spacial score (nSPS) is 11.8. The molecule has 1 rings (SSSR count). The van der Waals surface area contributed by atoms with Crippen molar-refractivity contribution in [2.75, 3.05) is 18.1 Å². The molecule has 0 aliphatic rings. The first-order valence-electron chi connectivity index (χ1n) is 6.38. The highest BCUT2D eigenvalue weighted by atomic mass is 32.2.